The van der Waals surface area contributed by atoms with Gasteiger partial charge in [0.1, 0.15) is 11.6 Å². The van der Waals surface area contributed by atoms with E-state index in [-0.39, 0.29) is 5.82 Å². The smallest absolute Gasteiger partial charge is 0.124 e. The van der Waals surface area contributed by atoms with Gasteiger partial charge in [-0.05, 0) is 30.2 Å². The molecule has 3 nitrogen and oxygen atoms in total. The summed E-state index contributed by atoms with van der Waals surface area (Å²) in [6.07, 6.45) is 1.74. The van der Waals surface area contributed by atoms with Gasteiger partial charge >= 0.3 is 0 Å². The van der Waals surface area contributed by atoms with Crippen LogP contribution in [0.1, 0.15) is 11.1 Å². The zero-order chi connectivity index (χ0) is 11.5. The summed E-state index contributed by atoms with van der Waals surface area (Å²) in [5.74, 6) is 0.755. The quantitative estimate of drug-likeness (QED) is 0.859. The Bertz CT molecular complexity index is 491. The van der Waals surface area contributed by atoms with E-state index < -0.39 is 0 Å². The first kappa shape index (κ1) is 10.7. The SMILES string of the molecule is Cc1cc(F)ccc1CNc1ccnn1C. The molecule has 84 valence electrons. The number of hydrogen-bond donors (Lipinski definition) is 1. The summed E-state index contributed by atoms with van der Waals surface area (Å²) in [6.45, 7) is 2.58. The Labute approximate surface area is 93.9 Å². The predicted octanol–water partition coefficient (Wildman–Crippen LogP) is 2.48. The summed E-state index contributed by atoms with van der Waals surface area (Å²) >= 11 is 0. The summed E-state index contributed by atoms with van der Waals surface area (Å²) in [7, 11) is 1.87. The molecule has 0 amide bonds. The monoisotopic (exact) mass is 219 g/mol. The highest BCUT2D eigenvalue weighted by Gasteiger charge is 2.01. The third kappa shape index (κ3) is 2.21. The van der Waals surface area contributed by atoms with Crippen molar-refractivity contribution in [2.45, 2.75) is 13.5 Å². The zero-order valence-electron chi connectivity index (χ0n) is 9.37. The molecular formula is C12H14FN3. The Kier molecular flexibility index (Phi) is 2.90. The average molecular weight is 219 g/mol. The molecule has 2 rings (SSSR count). The van der Waals surface area contributed by atoms with Crippen LogP contribution in [0.15, 0.2) is 30.5 Å². The van der Waals surface area contributed by atoms with Gasteiger partial charge in [0.05, 0.1) is 6.20 Å². The van der Waals surface area contributed by atoms with Gasteiger partial charge in [0.2, 0.25) is 0 Å². The molecule has 1 aromatic heterocycles. The molecule has 4 heteroatoms. The lowest BCUT2D eigenvalue weighted by atomic mass is 10.1. The molecule has 0 radical (unpaired) electrons. The van der Waals surface area contributed by atoms with Gasteiger partial charge in [0, 0.05) is 19.7 Å². The minimum absolute atomic E-state index is 0.193. The fourth-order valence-corrected chi connectivity index (χ4v) is 1.59. The fourth-order valence-electron chi connectivity index (χ4n) is 1.59. The number of nitrogens with one attached hydrogen (secondary N) is 1. The number of halogens is 1. The van der Waals surface area contributed by atoms with Gasteiger partial charge in [-0.3, -0.25) is 4.68 Å². The summed E-state index contributed by atoms with van der Waals surface area (Å²) in [4.78, 5) is 0. The summed E-state index contributed by atoms with van der Waals surface area (Å²) in [5, 5.41) is 7.31. The molecule has 0 saturated carbocycles. The van der Waals surface area contributed by atoms with Crippen LogP contribution in [-0.4, -0.2) is 9.78 Å². The van der Waals surface area contributed by atoms with E-state index in [1.807, 2.05) is 20.0 Å². The molecule has 1 heterocycles. The van der Waals surface area contributed by atoms with Crippen LogP contribution < -0.4 is 5.32 Å². The third-order valence-electron chi connectivity index (χ3n) is 2.59. The molecule has 0 aliphatic carbocycles. The molecule has 0 atom stereocenters. The highest BCUT2D eigenvalue weighted by Crippen LogP contribution is 2.12. The van der Waals surface area contributed by atoms with Crippen molar-refractivity contribution in [3.63, 3.8) is 0 Å². The summed E-state index contributed by atoms with van der Waals surface area (Å²) in [5.41, 5.74) is 2.04. The van der Waals surface area contributed by atoms with E-state index in [9.17, 15) is 4.39 Å². The standard InChI is InChI=1S/C12H14FN3/c1-9-7-11(13)4-3-10(9)8-14-12-5-6-15-16(12)2/h3-7,14H,8H2,1-2H3. The van der Waals surface area contributed by atoms with Crippen molar-refractivity contribution >= 4 is 5.82 Å². The topological polar surface area (TPSA) is 29.9 Å². The second kappa shape index (κ2) is 4.35. The first-order valence-electron chi connectivity index (χ1n) is 5.14. The Hall–Kier alpha value is -1.84. The van der Waals surface area contributed by atoms with Gasteiger partial charge in [-0.2, -0.15) is 5.10 Å². The lowest BCUT2D eigenvalue weighted by molar-refractivity contribution is 0.625. The van der Waals surface area contributed by atoms with Gasteiger partial charge in [-0.15, -0.1) is 0 Å². The second-order valence-corrected chi connectivity index (χ2v) is 3.76. The van der Waals surface area contributed by atoms with Crippen LogP contribution in [0.3, 0.4) is 0 Å². The number of aromatic nitrogens is 2. The maximum atomic E-state index is 12.9. The molecule has 1 aromatic carbocycles. The predicted molar refractivity (Wildman–Crippen MR) is 61.7 cm³/mol. The normalized spacial score (nSPS) is 10.4. The fraction of sp³-hybridized carbons (Fsp3) is 0.250. The molecule has 2 aromatic rings. The van der Waals surface area contributed by atoms with Gasteiger partial charge in [-0.25, -0.2) is 4.39 Å². The van der Waals surface area contributed by atoms with Crippen LogP contribution in [0.5, 0.6) is 0 Å². The van der Waals surface area contributed by atoms with E-state index in [1.165, 1.54) is 6.07 Å². The van der Waals surface area contributed by atoms with Crippen molar-refractivity contribution in [2.24, 2.45) is 7.05 Å². The van der Waals surface area contributed by atoms with Crippen molar-refractivity contribution in [1.82, 2.24) is 9.78 Å². The van der Waals surface area contributed by atoms with Crippen LogP contribution in [-0.2, 0) is 13.6 Å². The molecule has 0 saturated heterocycles. The molecule has 0 unspecified atom stereocenters. The largest absolute Gasteiger partial charge is 0.366 e. The highest BCUT2D eigenvalue weighted by molar-refractivity contribution is 5.36. The van der Waals surface area contributed by atoms with Crippen LogP contribution >= 0.6 is 0 Å². The first-order chi connectivity index (χ1) is 7.66. The highest BCUT2D eigenvalue weighted by atomic mass is 19.1. The average Bonchev–Trinajstić information content (AvgIpc) is 2.63. The van der Waals surface area contributed by atoms with Crippen molar-refractivity contribution in [3.05, 3.63) is 47.4 Å². The van der Waals surface area contributed by atoms with E-state index in [2.05, 4.69) is 10.4 Å². The number of rotatable bonds is 3. The molecular weight excluding hydrogens is 205 g/mol. The lowest BCUT2D eigenvalue weighted by Crippen LogP contribution is -2.05. The van der Waals surface area contributed by atoms with Crippen LogP contribution in [0.4, 0.5) is 10.2 Å². The molecule has 1 N–H and O–H groups in total. The molecule has 0 aliphatic rings. The number of nitrogens with zero attached hydrogens (tertiary/aromatic N) is 2. The zero-order valence-corrected chi connectivity index (χ0v) is 9.37. The minimum Gasteiger partial charge on any atom is -0.366 e. The molecule has 16 heavy (non-hydrogen) atoms. The number of hydrogen-bond acceptors (Lipinski definition) is 2. The number of anilines is 1. The van der Waals surface area contributed by atoms with Crippen LogP contribution in [0, 0.1) is 12.7 Å². The van der Waals surface area contributed by atoms with Gasteiger partial charge in [0.15, 0.2) is 0 Å². The lowest BCUT2D eigenvalue weighted by Gasteiger charge is -2.09. The Balaban J connectivity index is 2.08. The van der Waals surface area contributed by atoms with E-state index in [0.717, 1.165) is 16.9 Å². The molecule has 0 bridgehead atoms. The van der Waals surface area contributed by atoms with E-state index in [4.69, 9.17) is 0 Å². The third-order valence-corrected chi connectivity index (χ3v) is 2.59. The van der Waals surface area contributed by atoms with Crippen molar-refractivity contribution < 1.29 is 4.39 Å². The van der Waals surface area contributed by atoms with Gasteiger partial charge < -0.3 is 5.32 Å². The van der Waals surface area contributed by atoms with E-state index in [1.54, 1.807) is 23.0 Å². The maximum Gasteiger partial charge on any atom is 0.124 e. The van der Waals surface area contributed by atoms with Crippen LogP contribution in [0.25, 0.3) is 0 Å². The van der Waals surface area contributed by atoms with Crippen molar-refractivity contribution in [1.29, 1.82) is 0 Å². The van der Waals surface area contributed by atoms with Crippen molar-refractivity contribution in [2.75, 3.05) is 5.32 Å². The Morgan fingerprint density at radius 2 is 2.19 bits per heavy atom. The number of aryl methyl sites for hydroxylation is 2. The minimum atomic E-state index is -0.193. The van der Waals surface area contributed by atoms with E-state index >= 15 is 0 Å². The molecule has 0 spiro atoms. The first-order valence-corrected chi connectivity index (χ1v) is 5.14. The summed E-state index contributed by atoms with van der Waals surface area (Å²) in [6, 6.07) is 6.72. The van der Waals surface area contributed by atoms with Gasteiger partial charge in [0.25, 0.3) is 0 Å². The summed E-state index contributed by atoms with van der Waals surface area (Å²) < 4.78 is 14.7. The van der Waals surface area contributed by atoms with Crippen LogP contribution in [0.2, 0.25) is 0 Å². The Morgan fingerprint density at radius 1 is 1.38 bits per heavy atom. The molecule has 0 aliphatic heterocycles. The van der Waals surface area contributed by atoms with Crippen molar-refractivity contribution in [3.8, 4) is 0 Å². The van der Waals surface area contributed by atoms with E-state index in [0.29, 0.717) is 6.54 Å². The van der Waals surface area contributed by atoms with Gasteiger partial charge in [-0.1, -0.05) is 6.07 Å². The molecule has 0 fully saturated rings. The maximum absolute atomic E-state index is 12.9. The Morgan fingerprint density at radius 3 is 2.81 bits per heavy atom. The number of benzene rings is 1. The second-order valence-electron chi connectivity index (χ2n) is 3.76.